The van der Waals surface area contributed by atoms with Gasteiger partial charge in [0.15, 0.2) is 6.61 Å². The minimum atomic E-state index is -0.704. The molecule has 0 heterocycles. The Morgan fingerprint density at radius 3 is 2.41 bits per heavy atom. The van der Waals surface area contributed by atoms with Crippen molar-refractivity contribution in [3.8, 4) is 17.9 Å². The van der Waals surface area contributed by atoms with E-state index in [9.17, 15) is 14.4 Å². The summed E-state index contributed by atoms with van der Waals surface area (Å²) < 4.78 is 10.3. The van der Waals surface area contributed by atoms with Crippen LogP contribution in [0.4, 0.5) is 5.69 Å². The zero-order chi connectivity index (χ0) is 24.8. The second kappa shape index (κ2) is 14.2. The number of carbonyl (C=O) groups is 3. The molecule has 0 atom stereocenters. The highest BCUT2D eigenvalue weighted by molar-refractivity contribution is 8.00. The van der Waals surface area contributed by atoms with E-state index >= 15 is 0 Å². The van der Waals surface area contributed by atoms with E-state index in [0.29, 0.717) is 16.3 Å². The maximum absolute atomic E-state index is 12.6. The minimum Gasteiger partial charge on any atom is -0.497 e. The smallest absolute Gasteiger partial charge is 0.339 e. The molecule has 0 aliphatic heterocycles. The number of anilines is 1. The van der Waals surface area contributed by atoms with E-state index in [1.54, 1.807) is 48.5 Å². The molecule has 2 aromatic carbocycles. The number of thioether (sulfide) groups is 1. The Labute approximate surface area is 202 Å². The number of amides is 2. The van der Waals surface area contributed by atoms with Crippen molar-refractivity contribution in [2.45, 2.75) is 17.7 Å². The number of carbonyl (C=O) groups excluding carboxylic acids is 3. The number of ether oxygens (including phenoxy) is 2. The predicted molar refractivity (Wildman–Crippen MR) is 126 cm³/mol. The lowest BCUT2D eigenvalue weighted by Gasteiger charge is -2.20. The van der Waals surface area contributed by atoms with Gasteiger partial charge in [-0.3, -0.25) is 9.59 Å². The lowest BCUT2D eigenvalue weighted by Crippen LogP contribution is -2.36. The molecule has 0 unspecified atom stereocenters. The van der Waals surface area contributed by atoms with E-state index < -0.39 is 18.5 Å². The highest BCUT2D eigenvalue weighted by atomic mass is 32.2. The third-order valence-corrected chi connectivity index (χ3v) is 5.56. The van der Waals surface area contributed by atoms with Crippen LogP contribution in [0.25, 0.3) is 0 Å². The van der Waals surface area contributed by atoms with Gasteiger partial charge in [0.1, 0.15) is 5.75 Å². The van der Waals surface area contributed by atoms with Gasteiger partial charge in [-0.1, -0.05) is 18.2 Å². The van der Waals surface area contributed by atoms with E-state index in [2.05, 4.69) is 5.32 Å². The normalized spacial score (nSPS) is 9.85. The number of esters is 1. The summed E-state index contributed by atoms with van der Waals surface area (Å²) in [4.78, 5) is 39.2. The molecule has 0 saturated heterocycles. The average molecular weight is 481 g/mol. The van der Waals surface area contributed by atoms with Crippen LogP contribution in [-0.4, -0.2) is 55.2 Å². The third-order valence-electron chi connectivity index (χ3n) is 4.49. The standard InChI is InChI=1S/C24H24N4O5S/c1-32-19-8-4-7-18(15-19)27-22(29)17-34-21-10-3-2-9-20(21)24(31)33-16-23(30)28(13-5-11-25)14-6-12-26/h2-4,7-10,15H,5-6,13-14,16-17H2,1H3,(H,27,29). The van der Waals surface area contributed by atoms with E-state index in [-0.39, 0.29) is 43.2 Å². The fourth-order valence-corrected chi connectivity index (χ4v) is 3.67. The zero-order valence-electron chi connectivity index (χ0n) is 18.7. The Morgan fingerprint density at radius 2 is 1.74 bits per heavy atom. The molecule has 0 saturated carbocycles. The summed E-state index contributed by atoms with van der Waals surface area (Å²) >= 11 is 1.16. The maximum Gasteiger partial charge on any atom is 0.339 e. The summed E-state index contributed by atoms with van der Waals surface area (Å²) in [5, 5.41) is 20.3. The van der Waals surface area contributed by atoms with Crippen LogP contribution in [0, 0.1) is 22.7 Å². The second-order valence-corrected chi connectivity index (χ2v) is 7.86. The maximum atomic E-state index is 12.6. The van der Waals surface area contributed by atoms with E-state index in [4.69, 9.17) is 20.0 Å². The molecule has 34 heavy (non-hydrogen) atoms. The van der Waals surface area contributed by atoms with Gasteiger partial charge in [-0.25, -0.2) is 4.79 Å². The molecule has 9 nitrogen and oxygen atoms in total. The largest absolute Gasteiger partial charge is 0.497 e. The topological polar surface area (TPSA) is 133 Å². The summed E-state index contributed by atoms with van der Waals surface area (Å²) in [7, 11) is 1.54. The number of rotatable bonds is 12. The van der Waals surface area contributed by atoms with Crippen molar-refractivity contribution in [2.24, 2.45) is 0 Å². The van der Waals surface area contributed by atoms with Gasteiger partial charge >= 0.3 is 5.97 Å². The van der Waals surface area contributed by atoms with Gasteiger partial charge < -0.3 is 19.7 Å². The van der Waals surface area contributed by atoms with Crippen LogP contribution < -0.4 is 10.1 Å². The number of nitrogens with zero attached hydrogens (tertiary/aromatic N) is 3. The number of nitrogens with one attached hydrogen (secondary N) is 1. The van der Waals surface area contributed by atoms with Crippen molar-refractivity contribution in [3.63, 3.8) is 0 Å². The van der Waals surface area contributed by atoms with Crippen LogP contribution in [0.2, 0.25) is 0 Å². The van der Waals surface area contributed by atoms with Crippen molar-refractivity contribution in [1.82, 2.24) is 4.90 Å². The Bertz CT molecular complexity index is 1080. The molecule has 0 radical (unpaired) electrons. The first-order valence-electron chi connectivity index (χ1n) is 10.3. The number of hydrogen-bond acceptors (Lipinski definition) is 8. The molecule has 2 rings (SSSR count). The van der Waals surface area contributed by atoms with Crippen LogP contribution in [0.5, 0.6) is 5.75 Å². The first-order chi connectivity index (χ1) is 16.5. The summed E-state index contributed by atoms with van der Waals surface area (Å²) in [6, 6.07) is 17.5. The molecule has 176 valence electrons. The molecular weight excluding hydrogens is 456 g/mol. The quantitative estimate of drug-likeness (QED) is 0.362. The monoisotopic (exact) mass is 480 g/mol. The molecule has 2 aromatic rings. The van der Waals surface area contributed by atoms with Crippen LogP contribution >= 0.6 is 11.8 Å². The summed E-state index contributed by atoms with van der Waals surface area (Å²) in [5.41, 5.74) is 0.823. The van der Waals surface area contributed by atoms with Crippen molar-refractivity contribution in [2.75, 3.05) is 37.9 Å². The highest BCUT2D eigenvalue weighted by Crippen LogP contribution is 2.24. The van der Waals surface area contributed by atoms with Crippen molar-refractivity contribution >= 4 is 35.2 Å². The third kappa shape index (κ3) is 8.49. The van der Waals surface area contributed by atoms with Crippen LogP contribution in [0.1, 0.15) is 23.2 Å². The number of hydrogen-bond donors (Lipinski definition) is 1. The summed E-state index contributed by atoms with van der Waals surface area (Å²) in [5.74, 6) is -0.780. The lowest BCUT2D eigenvalue weighted by atomic mass is 10.2. The Balaban J connectivity index is 1.94. The van der Waals surface area contributed by atoms with Crippen molar-refractivity contribution in [3.05, 3.63) is 54.1 Å². The Morgan fingerprint density at radius 1 is 1.03 bits per heavy atom. The fraction of sp³-hybridized carbons (Fsp3) is 0.292. The fourth-order valence-electron chi connectivity index (χ4n) is 2.83. The molecule has 2 amide bonds. The van der Waals surface area contributed by atoms with Gasteiger partial charge in [0.25, 0.3) is 5.91 Å². The molecule has 0 fully saturated rings. The Hall–Kier alpha value is -4.02. The number of methoxy groups -OCH3 is 1. The average Bonchev–Trinajstić information content (AvgIpc) is 2.86. The first-order valence-corrected chi connectivity index (χ1v) is 11.3. The SMILES string of the molecule is COc1cccc(NC(=O)CSc2ccccc2C(=O)OCC(=O)N(CCC#N)CCC#N)c1. The first kappa shape index (κ1) is 26.2. The summed E-state index contributed by atoms with van der Waals surface area (Å²) in [6.45, 7) is -0.197. The molecule has 0 aliphatic carbocycles. The number of nitriles is 2. The Kier molecular flexibility index (Phi) is 11.0. The molecule has 1 N–H and O–H groups in total. The zero-order valence-corrected chi connectivity index (χ0v) is 19.5. The van der Waals surface area contributed by atoms with E-state index in [1.807, 2.05) is 12.1 Å². The lowest BCUT2D eigenvalue weighted by molar-refractivity contribution is -0.134. The van der Waals surface area contributed by atoms with E-state index in [1.165, 1.54) is 12.0 Å². The molecule has 0 aromatic heterocycles. The van der Waals surface area contributed by atoms with Gasteiger partial charge in [0.2, 0.25) is 5.91 Å². The molecule has 0 bridgehead atoms. The second-order valence-electron chi connectivity index (χ2n) is 6.84. The summed E-state index contributed by atoms with van der Waals surface area (Å²) in [6.07, 6.45) is 0.227. The number of benzene rings is 2. The van der Waals surface area contributed by atoms with Crippen LogP contribution in [-0.2, 0) is 14.3 Å². The van der Waals surface area contributed by atoms with Crippen molar-refractivity contribution < 1.29 is 23.9 Å². The van der Waals surface area contributed by atoms with Gasteiger partial charge in [0, 0.05) is 29.7 Å². The highest BCUT2D eigenvalue weighted by Gasteiger charge is 2.18. The molecule has 10 heteroatoms. The van der Waals surface area contributed by atoms with Crippen LogP contribution in [0.3, 0.4) is 0 Å². The van der Waals surface area contributed by atoms with Crippen LogP contribution in [0.15, 0.2) is 53.4 Å². The van der Waals surface area contributed by atoms with Gasteiger partial charge in [-0.15, -0.1) is 11.8 Å². The molecule has 0 aliphatic rings. The van der Waals surface area contributed by atoms with E-state index in [0.717, 1.165) is 11.8 Å². The minimum absolute atomic E-state index is 0.0521. The van der Waals surface area contributed by atoms with Gasteiger partial charge in [-0.05, 0) is 24.3 Å². The van der Waals surface area contributed by atoms with Crippen molar-refractivity contribution in [1.29, 1.82) is 10.5 Å². The predicted octanol–water partition coefficient (Wildman–Crippen LogP) is 3.24. The van der Waals surface area contributed by atoms with Gasteiger partial charge in [0.05, 0.1) is 43.4 Å². The van der Waals surface area contributed by atoms with Gasteiger partial charge in [-0.2, -0.15) is 10.5 Å². The molecule has 0 spiro atoms. The molecular formula is C24H24N4O5S.